The molecule has 5 heteroatoms. The van der Waals surface area contributed by atoms with E-state index >= 15 is 0 Å². The number of hydrogen-bond acceptors (Lipinski definition) is 2. The molecule has 108 valence electrons. The summed E-state index contributed by atoms with van der Waals surface area (Å²) in [5.74, 6) is -0.893. The summed E-state index contributed by atoms with van der Waals surface area (Å²) in [5.41, 5.74) is -1.03. The summed E-state index contributed by atoms with van der Waals surface area (Å²) in [6.45, 7) is 2.22. The Morgan fingerprint density at radius 3 is 2.42 bits per heavy atom. The van der Waals surface area contributed by atoms with Gasteiger partial charge in [-0.25, -0.2) is 9.59 Å². The molecule has 1 atom stereocenters. The van der Waals surface area contributed by atoms with Crippen molar-refractivity contribution < 1.29 is 14.7 Å². The fourth-order valence-corrected chi connectivity index (χ4v) is 3.31. The average Bonchev–Trinajstić information content (AvgIpc) is 2.81. The number of urea groups is 1. The summed E-state index contributed by atoms with van der Waals surface area (Å²) < 4.78 is 0. The maximum atomic E-state index is 12.6. The fourth-order valence-electron chi connectivity index (χ4n) is 3.31. The first-order valence-electron chi connectivity index (χ1n) is 7.24. The number of rotatable bonds is 2. The van der Waals surface area contributed by atoms with Crippen LogP contribution in [0.4, 0.5) is 4.79 Å². The Hall–Kier alpha value is -1.26. The highest BCUT2D eigenvalue weighted by molar-refractivity contribution is 5.86. The van der Waals surface area contributed by atoms with Gasteiger partial charge >= 0.3 is 12.0 Å². The Bertz CT molecular complexity index is 366. The van der Waals surface area contributed by atoms with Crippen LogP contribution in [0.2, 0.25) is 0 Å². The van der Waals surface area contributed by atoms with Crippen molar-refractivity contribution >= 4 is 12.0 Å². The van der Waals surface area contributed by atoms with Crippen LogP contribution >= 0.6 is 0 Å². The Kier molecular flexibility index (Phi) is 4.02. The molecular formula is C14H24N2O3. The van der Waals surface area contributed by atoms with Gasteiger partial charge in [-0.3, -0.25) is 0 Å². The second-order valence-corrected chi connectivity index (χ2v) is 6.02. The van der Waals surface area contributed by atoms with Crippen molar-refractivity contribution in [3.63, 3.8) is 0 Å². The van der Waals surface area contributed by atoms with Crippen molar-refractivity contribution in [3.05, 3.63) is 0 Å². The van der Waals surface area contributed by atoms with Crippen molar-refractivity contribution in [1.29, 1.82) is 0 Å². The molecule has 2 rings (SSSR count). The molecule has 0 aromatic carbocycles. The Morgan fingerprint density at radius 2 is 1.84 bits per heavy atom. The number of carboxylic acid groups (broad SMARTS) is 1. The maximum absolute atomic E-state index is 12.6. The smallest absolute Gasteiger partial charge is 0.329 e. The average molecular weight is 268 g/mol. The lowest BCUT2D eigenvalue weighted by atomic mass is 9.94. The molecule has 0 aromatic heterocycles. The van der Waals surface area contributed by atoms with Crippen LogP contribution in [-0.4, -0.2) is 52.1 Å². The van der Waals surface area contributed by atoms with Crippen LogP contribution in [0.25, 0.3) is 0 Å². The molecule has 1 aliphatic carbocycles. The highest BCUT2D eigenvalue weighted by Crippen LogP contribution is 2.31. The normalized spacial score (nSPS) is 28.4. The van der Waals surface area contributed by atoms with Gasteiger partial charge < -0.3 is 14.9 Å². The van der Waals surface area contributed by atoms with Gasteiger partial charge in [0.25, 0.3) is 0 Å². The first-order valence-corrected chi connectivity index (χ1v) is 7.24. The number of amides is 2. The van der Waals surface area contributed by atoms with Gasteiger partial charge in [0.1, 0.15) is 5.54 Å². The van der Waals surface area contributed by atoms with Gasteiger partial charge in [0.2, 0.25) is 0 Å². The first kappa shape index (κ1) is 14.2. The number of carboxylic acids is 1. The monoisotopic (exact) mass is 268 g/mol. The molecular weight excluding hydrogens is 244 g/mol. The van der Waals surface area contributed by atoms with Crippen LogP contribution < -0.4 is 0 Å². The zero-order valence-electron chi connectivity index (χ0n) is 11.9. The molecule has 0 radical (unpaired) electrons. The molecule has 1 saturated heterocycles. The van der Waals surface area contributed by atoms with Crippen molar-refractivity contribution in [2.45, 2.75) is 63.5 Å². The molecule has 0 spiro atoms. The first-order chi connectivity index (χ1) is 8.97. The summed E-state index contributed by atoms with van der Waals surface area (Å²) in [7, 11) is 1.82. The quantitative estimate of drug-likeness (QED) is 0.836. The summed E-state index contributed by atoms with van der Waals surface area (Å²) >= 11 is 0. The van der Waals surface area contributed by atoms with Crippen molar-refractivity contribution in [1.82, 2.24) is 9.80 Å². The summed E-state index contributed by atoms with van der Waals surface area (Å²) in [5, 5.41) is 9.37. The zero-order valence-corrected chi connectivity index (χ0v) is 11.9. The summed E-state index contributed by atoms with van der Waals surface area (Å²) in [4.78, 5) is 27.3. The summed E-state index contributed by atoms with van der Waals surface area (Å²) in [6.07, 6.45) is 6.98. The molecule has 0 bridgehead atoms. The van der Waals surface area contributed by atoms with Gasteiger partial charge in [-0.1, -0.05) is 19.3 Å². The van der Waals surface area contributed by atoms with E-state index in [-0.39, 0.29) is 12.1 Å². The molecule has 1 heterocycles. The van der Waals surface area contributed by atoms with Gasteiger partial charge in [0, 0.05) is 19.6 Å². The zero-order chi connectivity index (χ0) is 14.0. The van der Waals surface area contributed by atoms with Crippen LogP contribution in [0.5, 0.6) is 0 Å². The molecule has 0 aromatic rings. The van der Waals surface area contributed by atoms with E-state index < -0.39 is 11.5 Å². The van der Waals surface area contributed by atoms with Crippen molar-refractivity contribution in [2.24, 2.45) is 0 Å². The van der Waals surface area contributed by atoms with Crippen molar-refractivity contribution in [2.75, 3.05) is 13.6 Å². The van der Waals surface area contributed by atoms with Crippen molar-refractivity contribution in [3.8, 4) is 0 Å². The van der Waals surface area contributed by atoms with Crippen LogP contribution in [0, 0.1) is 0 Å². The van der Waals surface area contributed by atoms with E-state index in [0.29, 0.717) is 13.0 Å². The molecule has 1 unspecified atom stereocenters. The fraction of sp³-hybridized carbons (Fsp3) is 0.857. The maximum Gasteiger partial charge on any atom is 0.329 e. The summed E-state index contributed by atoms with van der Waals surface area (Å²) in [6, 6.07) is 0.161. The van der Waals surface area contributed by atoms with Gasteiger partial charge in [0.15, 0.2) is 0 Å². The molecule has 5 nitrogen and oxygen atoms in total. The standard InChI is InChI=1S/C14H24N2O3/c1-14(12(17)18)9-6-10-16(14)13(19)15(2)11-7-4-3-5-8-11/h11H,3-10H2,1-2H3,(H,17,18). The third kappa shape index (κ3) is 2.55. The van der Waals surface area contributed by atoms with Gasteiger partial charge in [0.05, 0.1) is 0 Å². The molecule has 2 amide bonds. The molecule has 1 saturated carbocycles. The van der Waals surface area contributed by atoms with Crippen LogP contribution in [0.1, 0.15) is 51.9 Å². The molecule has 1 N–H and O–H groups in total. The van der Waals surface area contributed by atoms with Gasteiger partial charge in [-0.15, -0.1) is 0 Å². The van der Waals surface area contributed by atoms with Crippen LogP contribution in [0.3, 0.4) is 0 Å². The Labute approximate surface area is 114 Å². The lowest BCUT2D eigenvalue weighted by Crippen LogP contribution is -2.56. The lowest BCUT2D eigenvalue weighted by molar-refractivity contribution is -0.147. The van der Waals surface area contributed by atoms with E-state index in [1.807, 2.05) is 7.05 Å². The van der Waals surface area contributed by atoms with E-state index in [2.05, 4.69) is 0 Å². The van der Waals surface area contributed by atoms with Crippen LogP contribution in [0.15, 0.2) is 0 Å². The lowest BCUT2D eigenvalue weighted by Gasteiger charge is -2.38. The Morgan fingerprint density at radius 1 is 1.21 bits per heavy atom. The van der Waals surface area contributed by atoms with E-state index in [1.165, 1.54) is 19.3 Å². The highest BCUT2D eigenvalue weighted by atomic mass is 16.4. The molecule has 2 fully saturated rings. The molecule has 2 aliphatic rings. The molecule has 1 aliphatic heterocycles. The van der Waals surface area contributed by atoms with E-state index in [4.69, 9.17) is 0 Å². The third-order valence-corrected chi connectivity index (χ3v) is 4.76. The third-order valence-electron chi connectivity index (χ3n) is 4.76. The number of nitrogens with zero attached hydrogens (tertiary/aromatic N) is 2. The second-order valence-electron chi connectivity index (χ2n) is 6.02. The predicted octanol–water partition coefficient (Wildman–Crippen LogP) is 2.31. The largest absolute Gasteiger partial charge is 0.480 e. The van der Waals surface area contributed by atoms with Crippen LogP contribution in [-0.2, 0) is 4.79 Å². The second kappa shape index (κ2) is 5.39. The van der Waals surface area contributed by atoms with Gasteiger partial charge in [-0.05, 0) is 32.6 Å². The molecule has 19 heavy (non-hydrogen) atoms. The van der Waals surface area contributed by atoms with E-state index in [0.717, 1.165) is 19.3 Å². The number of likely N-dealkylation sites (tertiary alicyclic amines) is 1. The minimum Gasteiger partial charge on any atom is -0.480 e. The number of hydrogen-bond donors (Lipinski definition) is 1. The number of carbonyl (C=O) groups excluding carboxylic acids is 1. The SMILES string of the molecule is CN(C(=O)N1CCCC1(C)C(=O)O)C1CCCCC1. The highest BCUT2D eigenvalue weighted by Gasteiger charge is 2.47. The Balaban J connectivity index is 2.07. The van der Waals surface area contributed by atoms with E-state index in [9.17, 15) is 14.7 Å². The number of aliphatic carboxylic acids is 1. The van der Waals surface area contributed by atoms with E-state index in [1.54, 1.807) is 16.7 Å². The minimum atomic E-state index is -1.03. The van der Waals surface area contributed by atoms with Gasteiger partial charge in [-0.2, -0.15) is 0 Å². The number of carbonyl (C=O) groups is 2. The predicted molar refractivity (Wildman–Crippen MR) is 72.0 cm³/mol. The topological polar surface area (TPSA) is 60.9 Å². The minimum absolute atomic E-state index is 0.116.